The molecule has 1 N–H and O–H groups in total. The van der Waals surface area contributed by atoms with E-state index in [0.717, 1.165) is 33.6 Å². The molecule has 0 saturated heterocycles. The summed E-state index contributed by atoms with van der Waals surface area (Å²) in [6.45, 7) is 0.874. The number of anilines is 1. The van der Waals surface area contributed by atoms with Crippen molar-refractivity contribution in [1.29, 1.82) is 0 Å². The summed E-state index contributed by atoms with van der Waals surface area (Å²) in [5.41, 5.74) is 2.25. The Balaban J connectivity index is 1.84. The minimum absolute atomic E-state index is 0.0337. The molecule has 1 aromatic carbocycles. The molecule has 4 heteroatoms. The van der Waals surface area contributed by atoms with E-state index in [-0.39, 0.29) is 5.92 Å². The van der Waals surface area contributed by atoms with E-state index < -0.39 is 0 Å². The second-order valence-electron chi connectivity index (χ2n) is 4.69. The number of hydrogen-bond acceptors (Lipinski definition) is 3. The topological polar surface area (TPSA) is 29.1 Å². The van der Waals surface area contributed by atoms with Crippen LogP contribution in [0.25, 0.3) is 0 Å². The van der Waals surface area contributed by atoms with Gasteiger partial charge in [-0.25, -0.2) is 0 Å². The van der Waals surface area contributed by atoms with Gasteiger partial charge in [0.2, 0.25) is 0 Å². The Labute approximate surface area is 125 Å². The van der Waals surface area contributed by atoms with Crippen LogP contribution in [-0.2, 0) is 11.2 Å². The molecule has 1 atom stereocenters. The molecule has 2 aromatic rings. The van der Waals surface area contributed by atoms with Gasteiger partial charge in [0.25, 0.3) is 0 Å². The maximum atomic E-state index is 12.5. The van der Waals surface area contributed by atoms with Crippen LogP contribution in [0.1, 0.15) is 22.8 Å². The van der Waals surface area contributed by atoms with Crippen molar-refractivity contribution < 1.29 is 4.79 Å². The highest BCUT2D eigenvalue weighted by atomic mass is 79.9. The van der Waals surface area contributed by atoms with Crippen LogP contribution in [0, 0.1) is 0 Å². The van der Waals surface area contributed by atoms with Gasteiger partial charge in [0.05, 0.1) is 0 Å². The molecule has 0 bridgehead atoms. The van der Waals surface area contributed by atoms with Crippen molar-refractivity contribution in [2.24, 2.45) is 0 Å². The SMILES string of the molecule is O=C(Cc1sccc1Br)C1CCNc2ccccc21. The Morgan fingerprint density at radius 2 is 2.21 bits per heavy atom. The zero-order valence-electron chi connectivity index (χ0n) is 10.4. The molecule has 19 heavy (non-hydrogen) atoms. The largest absolute Gasteiger partial charge is 0.385 e. The molecule has 1 unspecified atom stereocenters. The van der Waals surface area contributed by atoms with Gasteiger partial charge in [-0.05, 0) is 45.4 Å². The molecule has 0 aliphatic carbocycles. The predicted molar refractivity (Wildman–Crippen MR) is 83.0 cm³/mol. The molecule has 0 fully saturated rings. The van der Waals surface area contributed by atoms with Gasteiger partial charge < -0.3 is 5.32 Å². The minimum Gasteiger partial charge on any atom is -0.385 e. The normalized spacial score (nSPS) is 17.6. The molecular formula is C15H14BrNOS. The highest BCUT2D eigenvalue weighted by Crippen LogP contribution is 2.34. The Morgan fingerprint density at radius 3 is 3.00 bits per heavy atom. The van der Waals surface area contributed by atoms with E-state index in [2.05, 4.69) is 33.4 Å². The monoisotopic (exact) mass is 335 g/mol. The summed E-state index contributed by atoms with van der Waals surface area (Å²) in [6.07, 6.45) is 1.41. The van der Waals surface area contributed by atoms with Crippen LogP contribution < -0.4 is 5.32 Å². The summed E-state index contributed by atoms with van der Waals surface area (Å²) < 4.78 is 1.05. The van der Waals surface area contributed by atoms with Crippen molar-refractivity contribution >= 4 is 38.7 Å². The minimum atomic E-state index is 0.0337. The van der Waals surface area contributed by atoms with Crippen molar-refractivity contribution in [3.8, 4) is 0 Å². The number of Topliss-reactive ketones (excluding diaryl/α,β-unsaturated/α-hetero) is 1. The Kier molecular flexibility index (Phi) is 3.71. The Hall–Kier alpha value is -1.13. The van der Waals surface area contributed by atoms with Gasteiger partial charge in [-0.3, -0.25) is 4.79 Å². The number of rotatable bonds is 3. The quantitative estimate of drug-likeness (QED) is 0.909. The lowest BCUT2D eigenvalue weighted by atomic mass is 9.86. The number of carbonyl (C=O) groups is 1. The number of para-hydroxylation sites is 1. The lowest BCUT2D eigenvalue weighted by molar-refractivity contribution is -0.120. The molecule has 3 rings (SSSR count). The van der Waals surface area contributed by atoms with Gasteiger partial charge in [-0.2, -0.15) is 0 Å². The first kappa shape index (κ1) is 12.9. The van der Waals surface area contributed by atoms with Crippen molar-refractivity contribution in [2.45, 2.75) is 18.8 Å². The lowest BCUT2D eigenvalue weighted by Crippen LogP contribution is -2.23. The molecule has 0 amide bonds. The van der Waals surface area contributed by atoms with E-state index in [4.69, 9.17) is 0 Å². The number of nitrogens with one attached hydrogen (secondary N) is 1. The zero-order valence-corrected chi connectivity index (χ0v) is 12.8. The Bertz CT molecular complexity index is 608. The van der Waals surface area contributed by atoms with Crippen LogP contribution in [0.3, 0.4) is 0 Å². The van der Waals surface area contributed by atoms with E-state index in [1.165, 1.54) is 0 Å². The highest BCUT2D eigenvalue weighted by molar-refractivity contribution is 9.10. The van der Waals surface area contributed by atoms with Gasteiger partial charge in [-0.15, -0.1) is 11.3 Å². The van der Waals surface area contributed by atoms with Gasteiger partial charge in [-0.1, -0.05) is 18.2 Å². The molecule has 0 radical (unpaired) electrons. The van der Waals surface area contributed by atoms with Crippen LogP contribution in [0.2, 0.25) is 0 Å². The fourth-order valence-corrected chi connectivity index (χ4v) is 4.04. The molecule has 1 aromatic heterocycles. The molecule has 1 aliphatic heterocycles. The summed E-state index contributed by atoms with van der Waals surface area (Å²) in [5, 5.41) is 5.38. The first-order valence-corrected chi connectivity index (χ1v) is 8.00. The van der Waals surface area contributed by atoms with E-state index >= 15 is 0 Å². The molecule has 2 heterocycles. The lowest BCUT2D eigenvalue weighted by Gasteiger charge is -2.25. The number of thiophene rings is 1. The highest BCUT2D eigenvalue weighted by Gasteiger charge is 2.26. The van der Waals surface area contributed by atoms with Crippen molar-refractivity contribution in [3.05, 3.63) is 50.6 Å². The van der Waals surface area contributed by atoms with Crippen LogP contribution in [0.15, 0.2) is 40.2 Å². The van der Waals surface area contributed by atoms with Gasteiger partial charge in [0, 0.05) is 33.9 Å². The van der Waals surface area contributed by atoms with E-state index in [1.54, 1.807) is 11.3 Å². The third kappa shape index (κ3) is 2.60. The standard InChI is InChI=1S/C15H14BrNOS/c16-12-6-8-19-15(12)9-14(18)11-5-7-17-13-4-2-1-3-10(11)13/h1-4,6,8,11,17H,5,7,9H2. The summed E-state index contributed by atoms with van der Waals surface area (Å²) in [7, 11) is 0. The molecule has 2 nitrogen and oxygen atoms in total. The van der Waals surface area contributed by atoms with Gasteiger partial charge in [0.1, 0.15) is 5.78 Å². The van der Waals surface area contributed by atoms with E-state index in [1.807, 2.05) is 23.6 Å². The molecule has 0 spiro atoms. The number of halogens is 1. The fourth-order valence-electron chi connectivity index (χ4n) is 2.54. The molecular weight excluding hydrogens is 322 g/mol. The fraction of sp³-hybridized carbons (Fsp3) is 0.267. The molecule has 1 aliphatic rings. The second kappa shape index (κ2) is 5.47. The smallest absolute Gasteiger partial charge is 0.145 e. The second-order valence-corrected chi connectivity index (χ2v) is 6.55. The number of hydrogen-bond donors (Lipinski definition) is 1. The maximum absolute atomic E-state index is 12.5. The van der Waals surface area contributed by atoms with Crippen LogP contribution in [-0.4, -0.2) is 12.3 Å². The summed E-state index contributed by atoms with van der Waals surface area (Å²) in [6, 6.07) is 10.1. The summed E-state index contributed by atoms with van der Waals surface area (Å²) in [5.74, 6) is 0.351. The average Bonchev–Trinajstić information content (AvgIpc) is 2.83. The molecule has 98 valence electrons. The average molecular weight is 336 g/mol. The number of fused-ring (bicyclic) bond motifs is 1. The summed E-state index contributed by atoms with van der Waals surface area (Å²) in [4.78, 5) is 13.7. The maximum Gasteiger partial charge on any atom is 0.145 e. The third-order valence-electron chi connectivity index (χ3n) is 3.50. The first-order chi connectivity index (χ1) is 9.25. The first-order valence-electron chi connectivity index (χ1n) is 6.33. The Morgan fingerprint density at radius 1 is 1.37 bits per heavy atom. The van der Waals surface area contributed by atoms with Crippen molar-refractivity contribution in [3.63, 3.8) is 0 Å². The third-order valence-corrected chi connectivity index (χ3v) is 5.43. The summed E-state index contributed by atoms with van der Waals surface area (Å²) >= 11 is 5.14. The van der Waals surface area contributed by atoms with Crippen molar-refractivity contribution in [1.82, 2.24) is 0 Å². The van der Waals surface area contributed by atoms with Gasteiger partial charge >= 0.3 is 0 Å². The van der Waals surface area contributed by atoms with Crippen LogP contribution in [0.5, 0.6) is 0 Å². The predicted octanol–water partition coefficient (Wildman–Crippen LogP) is 4.22. The number of benzene rings is 1. The van der Waals surface area contributed by atoms with E-state index in [9.17, 15) is 4.79 Å². The molecule has 0 saturated carbocycles. The van der Waals surface area contributed by atoms with Gasteiger partial charge in [0.15, 0.2) is 0 Å². The number of ketones is 1. The van der Waals surface area contributed by atoms with E-state index in [0.29, 0.717) is 12.2 Å². The zero-order chi connectivity index (χ0) is 13.2. The van der Waals surface area contributed by atoms with Crippen LogP contribution in [0.4, 0.5) is 5.69 Å². The number of carbonyl (C=O) groups excluding carboxylic acids is 1. The van der Waals surface area contributed by atoms with Crippen LogP contribution >= 0.6 is 27.3 Å². The van der Waals surface area contributed by atoms with Crippen molar-refractivity contribution in [2.75, 3.05) is 11.9 Å².